The molecule has 1 aliphatic rings. The Morgan fingerprint density at radius 1 is 1.32 bits per heavy atom. The van der Waals surface area contributed by atoms with Gasteiger partial charge in [-0.2, -0.15) is 0 Å². The SMILES string of the molecule is O=C(Nc1cccc([N+](=O)[O-])c1)c1c(Br)sc2c1CCCC2. The number of nitrogens with one attached hydrogen (secondary N) is 1. The minimum atomic E-state index is -0.474. The molecule has 0 unspecified atom stereocenters. The first-order chi connectivity index (χ1) is 10.6. The molecule has 114 valence electrons. The predicted octanol–water partition coefficient (Wildman–Crippen LogP) is 4.55. The molecule has 1 aliphatic carbocycles. The zero-order valence-corrected chi connectivity index (χ0v) is 14.0. The van der Waals surface area contributed by atoms with E-state index in [4.69, 9.17) is 0 Å². The highest BCUT2D eigenvalue weighted by molar-refractivity contribution is 9.11. The van der Waals surface area contributed by atoms with Gasteiger partial charge in [0.05, 0.1) is 14.3 Å². The van der Waals surface area contributed by atoms with Crippen LogP contribution in [0.5, 0.6) is 0 Å². The van der Waals surface area contributed by atoms with Crippen molar-refractivity contribution in [2.75, 3.05) is 5.32 Å². The van der Waals surface area contributed by atoms with Crippen molar-refractivity contribution in [2.45, 2.75) is 25.7 Å². The lowest BCUT2D eigenvalue weighted by Crippen LogP contribution is -2.15. The molecule has 1 aromatic heterocycles. The Kier molecular flexibility index (Phi) is 4.26. The molecule has 0 spiro atoms. The van der Waals surface area contributed by atoms with E-state index in [1.165, 1.54) is 17.0 Å². The Balaban J connectivity index is 1.88. The first-order valence-corrected chi connectivity index (χ1v) is 8.53. The van der Waals surface area contributed by atoms with Crippen molar-refractivity contribution in [3.8, 4) is 0 Å². The zero-order valence-electron chi connectivity index (χ0n) is 11.6. The molecule has 5 nitrogen and oxygen atoms in total. The monoisotopic (exact) mass is 380 g/mol. The van der Waals surface area contributed by atoms with E-state index < -0.39 is 4.92 Å². The summed E-state index contributed by atoms with van der Waals surface area (Å²) in [5.41, 5.74) is 2.18. The van der Waals surface area contributed by atoms with Gasteiger partial charge in [-0.25, -0.2) is 0 Å². The van der Waals surface area contributed by atoms with Gasteiger partial charge in [-0.1, -0.05) is 6.07 Å². The molecule has 0 aliphatic heterocycles. The smallest absolute Gasteiger partial charge is 0.271 e. The van der Waals surface area contributed by atoms with Crippen LogP contribution in [0.4, 0.5) is 11.4 Å². The van der Waals surface area contributed by atoms with Gasteiger partial charge in [-0.15, -0.1) is 11.3 Å². The minimum absolute atomic E-state index is 0.0378. The van der Waals surface area contributed by atoms with Crippen LogP contribution in [0.3, 0.4) is 0 Å². The number of nitro benzene ring substituents is 1. The second-order valence-electron chi connectivity index (χ2n) is 5.12. The Bertz CT molecular complexity index is 757. The number of nitrogens with zero attached hydrogens (tertiary/aromatic N) is 1. The fourth-order valence-electron chi connectivity index (χ4n) is 2.65. The zero-order chi connectivity index (χ0) is 15.7. The number of hydrogen-bond acceptors (Lipinski definition) is 4. The van der Waals surface area contributed by atoms with E-state index >= 15 is 0 Å². The molecular formula is C15H13BrN2O3S. The number of halogens is 1. The normalized spacial score (nSPS) is 13.5. The molecule has 1 aromatic carbocycles. The highest BCUT2D eigenvalue weighted by Crippen LogP contribution is 2.38. The Hall–Kier alpha value is -1.73. The molecule has 0 radical (unpaired) electrons. The fraction of sp³-hybridized carbons (Fsp3) is 0.267. The summed E-state index contributed by atoms with van der Waals surface area (Å²) in [4.78, 5) is 24.1. The lowest BCUT2D eigenvalue weighted by atomic mass is 9.95. The van der Waals surface area contributed by atoms with Crippen LogP contribution >= 0.6 is 27.3 Å². The fourth-order valence-corrected chi connectivity index (χ4v) is 4.76. The number of carbonyl (C=O) groups excluding carboxylic acids is 1. The van der Waals surface area contributed by atoms with Crippen molar-refractivity contribution >= 4 is 44.5 Å². The maximum Gasteiger partial charge on any atom is 0.271 e. The Morgan fingerprint density at radius 2 is 2.09 bits per heavy atom. The molecule has 0 bridgehead atoms. The summed E-state index contributed by atoms with van der Waals surface area (Å²) in [6.07, 6.45) is 4.18. The maximum atomic E-state index is 12.5. The van der Waals surface area contributed by atoms with Crippen LogP contribution in [-0.2, 0) is 12.8 Å². The maximum absolute atomic E-state index is 12.5. The van der Waals surface area contributed by atoms with Crippen molar-refractivity contribution in [1.29, 1.82) is 0 Å². The van der Waals surface area contributed by atoms with Crippen LogP contribution in [0.25, 0.3) is 0 Å². The number of aryl methyl sites for hydroxylation is 1. The number of benzene rings is 1. The number of rotatable bonds is 3. The first-order valence-electron chi connectivity index (χ1n) is 6.92. The topological polar surface area (TPSA) is 72.2 Å². The van der Waals surface area contributed by atoms with Gasteiger partial charge in [0.25, 0.3) is 11.6 Å². The molecule has 0 atom stereocenters. The second kappa shape index (κ2) is 6.18. The van der Waals surface area contributed by atoms with Crippen molar-refractivity contribution in [3.05, 3.63) is 54.2 Å². The van der Waals surface area contributed by atoms with Crippen molar-refractivity contribution < 1.29 is 9.72 Å². The van der Waals surface area contributed by atoms with Gasteiger partial charge in [0.15, 0.2) is 0 Å². The third-order valence-electron chi connectivity index (χ3n) is 3.67. The Labute approximate surface area is 139 Å². The number of anilines is 1. The standard InChI is InChI=1S/C15H13BrN2O3S/c16-14-13(11-6-1-2-7-12(11)22-14)15(19)17-9-4-3-5-10(8-9)18(20)21/h3-5,8H,1-2,6-7H2,(H,17,19). The van der Waals surface area contributed by atoms with Crippen LogP contribution in [-0.4, -0.2) is 10.8 Å². The molecule has 1 amide bonds. The summed E-state index contributed by atoms with van der Waals surface area (Å²) in [5.74, 6) is -0.216. The molecule has 1 N–H and O–H groups in total. The molecule has 0 saturated carbocycles. The van der Waals surface area contributed by atoms with Gasteiger partial charge in [-0.05, 0) is 53.2 Å². The lowest BCUT2D eigenvalue weighted by Gasteiger charge is -2.12. The number of nitro groups is 1. The largest absolute Gasteiger partial charge is 0.322 e. The lowest BCUT2D eigenvalue weighted by molar-refractivity contribution is -0.384. The van der Waals surface area contributed by atoms with E-state index in [9.17, 15) is 14.9 Å². The van der Waals surface area contributed by atoms with Crippen LogP contribution in [0.2, 0.25) is 0 Å². The number of thiophene rings is 1. The van der Waals surface area contributed by atoms with Gasteiger partial charge in [0.1, 0.15) is 0 Å². The molecule has 0 saturated heterocycles. The minimum Gasteiger partial charge on any atom is -0.322 e. The van der Waals surface area contributed by atoms with Crippen LogP contribution < -0.4 is 5.32 Å². The van der Waals surface area contributed by atoms with Gasteiger partial charge >= 0.3 is 0 Å². The average molecular weight is 381 g/mol. The summed E-state index contributed by atoms with van der Waals surface area (Å²) in [6.45, 7) is 0. The van der Waals surface area contributed by atoms with Crippen molar-refractivity contribution in [1.82, 2.24) is 0 Å². The average Bonchev–Trinajstić information content (AvgIpc) is 2.83. The highest BCUT2D eigenvalue weighted by Gasteiger charge is 2.24. The first kappa shape index (κ1) is 15.2. The second-order valence-corrected chi connectivity index (χ2v) is 7.54. The third kappa shape index (κ3) is 2.91. The molecular weight excluding hydrogens is 368 g/mol. The molecule has 22 heavy (non-hydrogen) atoms. The summed E-state index contributed by atoms with van der Waals surface area (Å²) in [5, 5.41) is 13.6. The van der Waals surface area contributed by atoms with Crippen LogP contribution in [0, 0.1) is 10.1 Å². The van der Waals surface area contributed by atoms with Gasteiger partial charge in [0, 0.05) is 22.7 Å². The van der Waals surface area contributed by atoms with Crippen molar-refractivity contribution in [2.24, 2.45) is 0 Å². The van der Waals surface area contributed by atoms with E-state index in [0.29, 0.717) is 11.3 Å². The molecule has 0 fully saturated rings. The number of hydrogen-bond donors (Lipinski definition) is 1. The number of fused-ring (bicyclic) bond motifs is 1. The van der Waals surface area contributed by atoms with Crippen LogP contribution in [0.15, 0.2) is 28.1 Å². The van der Waals surface area contributed by atoms with Crippen LogP contribution in [0.1, 0.15) is 33.6 Å². The van der Waals surface area contributed by atoms with Gasteiger partial charge < -0.3 is 5.32 Å². The summed E-state index contributed by atoms with van der Waals surface area (Å²) < 4.78 is 0.835. The van der Waals surface area contributed by atoms with E-state index in [1.54, 1.807) is 23.5 Å². The quantitative estimate of drug-likeness (QED) is 0.626. The molecule has 1 heterocycles. The number of carbonyl (C=O) groups is 1. The van der Waals surface area contributed by atoms with E-state index in [-0.39, 0.29) is 11.6 Å². The summed E-state index contributed by atoms with van der Waals surface area (Å²) in [7, 11) is 0. The molecule has 7 heteroatoms. The number of amides is 1. The third-order valence-corrected chi connectivity index (χ3v) is 5.63. The number of non-ortho nitro benzene ring substituents is 1. The molecule has 2 aromatic rings. The van der Waals surface area contributed by atoms with Gasteiger partial charge in [-0.3, -0.25) is 14.9 Å². The summed E-state index contributed by atoms with van der Waals surface area (Å²) >= 11 is 5.09. The van der Waals surface area contributed by atoms with Crippen molar-refractivity contribution in [3.63, 3.8) is 0 Å². The predicted molar refractivity (Wildman–Crippen MR) is 89.7 cm³/mol. The van der Waals surface area contributed by atoms with E-state index in [2.05, 4.69) is 21.2 Å². The summed E-state index contributed by atoms with van der Waals surface area (Å²) in [6, 6.07) is 5.98. The highest BCUT2D eigenvalue weighted by atomic mass is 79.9. The van der Waals surface area contributed by atoms with E-state index in [0.717, 1.165) is 35.0 Å². The van der Waals surface area contributed by atoms with Gasteiger partial charge in [0.2, 0.25) is 0 Å². The Morgan fingerprint density at radius 3 is 2.86 bits per heavy atom. The molecule has 3 rings (SSSR count). The van der Waals surface area contributed by atoms with E-state index in [1.807, 2.05) is 0 Å².